The van der Waals surface area contributed by atoms with Crippen LogP contribution in [0.15, 0.2) is 58.4 Å². The van der Waals surface area contributed by atoms with E-state index in [1.165, 1.54) is 11.6 Å². The summed E-state index contributed by atoms with van der Waals surface area (Å²) >= 11 is 0. The topological polar surface area (TPSA) is 103 Å². The van der Waals surface area contributed by atoms with Crippen LogP contribution in [0.4, 0.5) is 0 Å². The summed E-state index contributed by atoms with van der Waals surface area (Å²) in [5.41, 5.74) is 0.883. The van der Waals surface area contributed by atoms with E-state index in [4.69, 9.17) is 4.74 Å². The number of aryl methyl sites for hydroxylation is 2. The Bertz CT molecular complexity index is 1380. The Labute approximate surface area is 177 Å². The largest absolute Gasteiger partial charge is 0.497 e. The number of methoxy groups -OCH3 is 1. The number of ether oxygens (including phenoxy) is 1. The second-order valence-electron chi connectivity index (χ2n) is 7.30. The molecule has 0 saturated carbocycles. The predicted octanol–water partition coefficient (Wildman–Crippen LogP) is 0.959. The van der Waals surface area contributed by atoms with E-state index in [2.05, 4.69) is 9.97 Å². The van der Waals surface area contributed by atoms with Gasteiger partial charge in [0.05, 0.1) is 13.7 Å². The van der Waals surface area contributed by atoms with Crippen molar-refractivity contribution in [3.63, 3.8) is 0 Å². The van der Waals surface area contributed by atoms with Gasteiger partial charge in [-0.3, -0.25) is 19.1 Å². The van der Waals surface area contributed by atoms with Crippen molar-refractivity contribution in [1.82, 2.24) is 19.1 Å². The average molecular weight is 420 g/mol. The molecule has 0 amide bonds. The highest BCUT2D eigenvalue weighted by Crippen LogP contribution is 2.15. The lowest BCUT2D eigenvalue weighted by Crippen LogP contribution is -2.35. The average Bonchev–Trinajstić information content (AvgIpc) is 3.12. The summed E-state index contributed by atoms with van der Waals surface area (Å²) in [5.74, 6) is 0.954. The quantitative estimate of drug-likeness (QED) is 0.370. The van der Waals surface area contributed by atoms with Crippen LogP contribution in [0, 0.1) is 6.92 Å². The van der Waals surface area contributed by atoms with Gasteiger partial charge in [0, 0.05) is 24.7 Å². The van der Waals surface area contributed by atoms with Crippen LogP contribution in [0.1, 0.15) is 21.7 Å². The number of H-pyrrole nitrogens is 1. The van der Waals surface area contributed by atoms with Crippen molar-refractivity contribution >= 4 is 16.9 Å². The Morgan fingerprint density at radius 1 is 1.13 bits per heavy atom. The van der Waals surface area contributed by atoms with Gasteiger partial charge in [-0.1, -0.05) is 0 Å². The van der Waals surface area contributed by atoms with Crippen molar-refractivity contribution in [2.24, 2.45) is 7.05 Å². The second kappa shape index (κ2) is 8.02. The summed E-state index contributed by atoms with van der Waals surface area (Å²) in [4.78, 5) is 44.5. The number of imidazole rings is 1. The van der Waals surface area contributed by atoms with Crippen molar-refractivity contribution in [2.75, 3.05) is 7.11 Å². The van der Waals surface area contributed by atoms with E-state index < -0.39 is 11.2 Å². The molecule has 31 heavy (non-hydrogen) atoms. The minimum Gasteiger partial charge on any atom is -0.497 e. The van der Waals surface area contributed by atoms with Crippen LogP contribution in [-0.2, 0) is 20.1 Å². The molecule has 1 aromatic carbocycles. The van der Waals surface area contributed by atoms with Crippen LogP contribution in [0.5, 0.6) is 5.75 Å². The maximum absolute atomic E-state index is 13.0. The normalized spacial score (nSPS) is 11.1. The molecular weight excluding hydrogens is 398 g/mol. The Hall–Kier alpha value is -4.01. The maximum atomic E-state index is 13.0. The Morgan fingerprint density at radius 3 is 2.45 bits per heavy atom. The standard InChI is InChI=1S/C22H21N5O4/c1-14-8-10-26(11-9-14)13-18-23-20-19(21(29)24-22(30)25(20)2)27(18)12-17(28)15-4-6-16(31-3)7-5-15/h4-11H,12-13H2,1-3H3/p+1. The van der Waals surface area contributed by atoms with Crippen molar-refractivity contribution in [1.29, 1.82) is 0 Å². The third-order valence-electron chi connectivity index (χ3n) is 5.18. The van der Waals surface area contributed by atoms with Crippen molar-refractivity contribution in [3.05, 3.63) is 86.6 Å². The number of ketones is 1. The van der Waals surface area contributed by atoms with E-state index in [0.717, 1.165) is 5.56 Å². The van der Waals surface area contributed by atoms with E-state index in [9.17, 15) is 14.4 Å². The first-order chi connectivity index (χ1) is 14.9. The fraction of sp³-hybridized carbons (Fsp3) is 0.227. The summed E-state index contributed by atoms with van der Waals surface area (Å²) in [6, 6.07) is 10.7. The smallest absolute Gasteiger partial charge is 0.329 e. The van der Waals surface area contributed by atoms with E-state index in [1.54, 1.807) is 35.9 Å². The number of Topliss-reactive ketones (excluding diaryl/α,β-unsaturated/α-hetero) is 1. The van der Waals surface area contributed by atoms with Gasteiger partial charge in [0.15, 0.2) is 35.2 Å². The van der Waals surface area contributed by atoms with Crippen molar-refractivity contribution < 1.29 is 14.1 Å². The molecule has 0 spiro atoms. The second-order valence-corrected chi connectivity index (χ2v) is 7.30. The Morgan fingerprint density at radius 2 is 1.81 bits per heavy atom. The van der Waals surface area contributed by atoms with Crippen molar-refractivity contribution in [2.45, 2.75) is 20.0 Å². The molecule has 9 nitrogen and oxygen atoms in total. The molecule has 0 radical (unpaired) electrons. The lowest BCUT2D eigenvalue weighted by Gasteiger charge is -2.08. The molecule has 0 saturated heterocycles. The molecule has 3 aromatic heterocycles. The van der Waals surface area contributed by atoms with Crippen LogP contribution >= 0.6 is 0 Å². The fourth-order valence-corrected chi connectivity index (χ4v) is 3.38. The van der Waals surface area contributed by atoms with Crippen LogP contribution in [-0.4, -0.2) is 32.0 Å². The van der Waals surface area contributed by atoms with Gasteiger partial charge in [-0.15, -0.1) is 0 Å². The number of carbonyl (C=O) groups is 1. The zero-order valence-corrected chi connectivity index (χ0v) is 17.5. The van der Waals surface area contributed by atoms with E-state index >= 15 is 0 Å². The molecule has 1 N–H and O–H groups in total. The number of pyridine rings is 1. The minimum absolute atomic E-state index is 0.0914. The molecule has 0 unspecified atom stereocenters. The van der Waals surface area contributed by atoms with Gasteiger partial charge in [-0.25, -0.2) is 9.78 Å². The van der Waals surface area contributed by atoms with Crippen LogP contribution in [0.25, 0.3) is 11.2 Å². The number of rotatable bonds is 6. The first kappa shape index (κ1) is 20.3. The van der Waals surface area contributed by atoms with Gasteiger partial charge in [0.2, 0.25) is 6.54 Å². The first-order valence-corrected chi connectivity index (χ1v) is 9.68. The molecule has 0 aliphatic carbocycles. The molecule has 0 fully saturated rings. The molecule has 9 heteroatoms. The molecule has 4 rings (SSSR count). The SMILES string of the molecule is COc1ccc(C(=O)Cn2c(C[n+]3ccc(C)cc3)nc3c2c(=O)[nH]c(=O)n3C)cc1. The molecule has 3 heterocycles. The monoisotopic (exact) mass is 420 g/mol. The number of hydrogen-bond donors (Lipinski definition) is 1. The molecule has 158 valence electrons. The lowest BCUT2D eigenvalue weighted by molar-refractivity contribution is -0.689. The zero-order valence-electron chi connectivity index (χ0n) is 17.5. The molecule has 0 aliphatic heterocycles. The van der Waals surface area contributed by atoms with Crippen LogP contribution < -0.4 is 20.6 Å². The van der Waals surface area contributed by atoms with Gasteiger partial charge in [-0.05, 0) is 36.8 Å². The number of carbonyl (C=O) groups excluding carboxylic acids is 1. The first-order valence-electron chi connectivity index (χ1n) is 9.68. The summed E-state index contributed by atoms with van der Waals surface area (Å²) in [6.07, 6.45) is 3.79. The summed E-state index contributed by atoms with van der Waals surface area (Å²) in [6.45, 7) is 2.23. The Balaban J connectivity index is 1.81. The number of aromatic nitrogens is 5. The van der Waals surface area contributed by atoms with Crippen molar-refractivity contribution in [3.8, 4) is 5.75 Å². The van der Waals surface area contributed by atoms with E-state index in [0.29, 0.717) is 23.7 Å². The van der Waals surface area contributed by atoms with Gasteiger partial charge in [0.1, 0.15) is 5.75 Å². The number of benzene rings is 1. The number of fused-ring (bicyclic) bond motifs is 1. The molecule has 4 aromatic rings. The zero-order chi connectivity index (χ0) is 22.1. The fourth-order valence-electron chi connectivity index (χ4n) is 3.38. The maximum Gasteiger partial charge on any atom is 0.329 e. The van der Waals surface area contributed by atoms with Crippen LogP contribution in [0.3, 0.4) is 0 Å². The summed E-state index contributed by atoms with van der Waals surface area (Å²) in [7, 11) is 3.09. The van der Waals surface area contributed by atoms with Gasteiger partial charge in [-0.2, -0.15) is 4.57 Å². The minimum atomic E-state index is -0.576. The lowest BCUT2D eigenvalue weighted by atomic mass is 10.1. The summed E-state index contributed by atoms with van der Waals surface area (Å²) < 4.78 is 9.89. The number of hydrogen-bond acceptors (Lipinski definition) is 5. The molecule has 0 aliphatic rings. The highest BCUT2D eigenvalue weighted by atomic mass is 16.5. The van der Waals surface area contributed by atoms with Crippen LogP contribution in [0.2, 0.25) is 0 Å². The molecule has 0 atom stereocenters. The highest BCUT2D eigenvalue weighted by molar-refractivity contribution is 5.96. The van der Waals surface area contributed by atoms with Gasteiger partial charge < -0.3 is 9.30 Å². The third kappa shape index (κ3) is 3.89. The van der Waals surface area contributed by atoms with Gasteiger partial charge >= 0.3 is 5.69 Å². The number of aromatic amines is 1. The van der Waals surface area contributed by atoms with E-state index in [-0.39, 0.29) is 23.5 Å². The number of nitrogens with zero attached hydrogens (tertiary/aromatic N) is 4. The van der Waals surface area contributed by atoms with E-state index in [1.807, 2.05) is 36.0 Å². The van der Waals surface area contributed by atoms with Gasteiger partial charge in [0.25, 0.3) is 5.56 Å². The molecule has 0 bridgehead atoms. The highest BCUT2D eigenvalue weighted by Gasteiger charge is 2.22. The Kier molecular flexibility index (Phi) is 5.24. The predicted molar refractivity (Wildman–Crippen MR) is 113 cm³/mol. The molecular formula is C22H22N5O4+. The summed E-state index contributed by atoms with van der Waals surface area (Å²) in [5, 5.41) is 0. The number of nitrogens with one attached hydrogen (secondary N) is 1. The third-order valence-corrected chi connectivity index (χ3v) is 5.18.